The van der Waals surface area contributed by atoms with E-state index in [0.717, 1.165) is 10.5 Å². The molecule has 0 radical (unpaired) electrons. The third-order valence-electron chi connectivity index (χ3n) is 3.18. The van der Waals surface area contributed by atoms with E-state index in [2.05, 4.69) is 0 Å². The van der Waals surface area contributed by atoms with Gasteiger partial charge in [-0.2, -0.15) is 0 Å². The highest BCUT2D eigenvalue weighted by Crippen LogP contribution is 2.26. The predicted octanol–water partition coefficient (Wildman–Crippen LogP) is 3.83. The van der Waals surface area contributed by atoms with Crippen LogP contribution < -0.4 is 4.74 Å². The molecule has 1 N–H and O–H groups in total. The lowest BCUT2D eigenvalue weighted by atomic mass is 10.0. The number of rotatable bonds is 5. The van der Waals surface area contributed by atoms with Crippen LogP contribution in [-0.4, -0.2) is 18.5 Å². The fourth-order valence-corrected chi connectivity index (χ4v) is 2.43. The minimum Gasteiger partial charge on any atom is -0.494 e. The average Bonchev–Trinajstić information content (AvgIpc) is 2.49. The van der Waals surface area contributed by atoms with E-state index in [-0.39, 0.29) is 12.2 Å². The average molecular weight is 292 g/mol. The van der Waals surface area contributed by atoms with Crippen molar-refractivity contribution in [3.63, 3.8) is 0 Å². The topological polar surface area (TPSA) is 29.5 Å². The summed E-state index contributed by atoms with van der Waals surface area (Å²) in [5, 5.41) is 10.2. The maximum atomic E-state index is 14.0. The Hall–Kier alpha value is -1.52. The second-order valence-corrected chi connectivity index (χ2v) is 5.31. The van der Waals surface area contributed by atoms with Gasteiger partial charge in [0.25, 0.3) is 0 Å². The van der Waals surface area contributed by atoms with Gasteiger partial charge in [-0.1, -0.05) is 24.3 Å². The van der Waals surface area contributed by atoms with Crippen LogP contribution >= 0.6 is 11.8 Å². The Morgan fingerprint density at radius 1 is 1.20 bits per heavy atom. The number of aliphatic hydroxyl groups excluding tert-OH is 1. The van der Waals surface area contributed by atoms with Gasteiger partial charge in [0.05, 0.1) is 13.2 Å². The maximum Gasteiger partial charge on any atom is 0.168 e. The third kappa shape index (κ3) is 3.32. The highest BCUT2D eigenvalue weighted by atomic mass is 32.2. The van der Waals surface area contributed by atoms with Gasteiger partial charge in [-0.15, -0.1) is 11.8 Å². The van der Waals surface area contributed by atoms with Crippen molar-refractivity contribution in [1.29, 1.82) is 0 Å². The van der Waals surface area contributed by atoms with Crippen LogP contribution in [0.2, 0.25) is 0 Å². The number of aliphatic hydroxyl groups is 1. The zero-order valence-electron chi connectivity index (χ0n) is 11.5. The number of ether oxygens (including phenoxy) is 1. The summed E-state index contributed by atoms with van der Waals surface area (Å²) >= 11 is 1.64. The molecule has 0 aliphatic carbocycles. The number of hydrogen-bond donors (Lipinski definition) is 1. The molecule has 0 aromatic heterocycles. The molecule has 2 rings (SSSR count). The summed E-state index contributed by atoms with van der Waals surface area (Å²) in [4.78, 5) is 1.13. The zero-order chi connectivity index (χ0) is 14.5. The van der Waals surface area contributed by atoms with Crippen LogP contribution in [0.3, 0.4) is 0 Å². The maximum absolute atomic E-state index is 14.0. The number of halogens is 1. The van der Waals surface area contributed by atoms with Crippen molar-refractivity contribution in [1.82, 2.24) is 0 Å². The fourth-order valence-electron chi connectivity index (χ4n) is 2.02. The Morgan fingerprint density at radius 2 is 1.90 bits per heavy atom. The van der Waals surface area contributed by atoms with Gasteiger partial charge in [0.1, 0.15) is 0 Å². The van der Waals surface area contributed by atoms with Gasteiger partial charge in [0, 0.05) is 11.3 Å². The van der Waals surface area contributed by atoms with Crippen molar-refractivity contribution < 1.29 is 14.2 Å². The van der Waals surface area contributed by atoms with Gasteiger partial charge in [-0.05, 0) is 35.6 Å². The standard InChI is InChI=1S/C16H17FO2S/c1-19-15-5-3-4-12(16(15)17)10-14(18)11-6-8-13(20-2)9-7-11/h3-9,14,18H,10H2,1-2H3. The van der Waals surface area contributed by atoms with E-state index in [1.54, 1.807) is 30.0 Å². The Bertz CT molecular complexity index is 569. The monoisotopic (exact) mass is 292 g/mol. The molecule has 2 aromatic carbocycles. The van der Waals surface area contributed by atoms with Crippen LogP contribution in [0.25, 0.3) is 0 Å². The lowest BCUT2D eigenvalue weighted by Gasteiger charge is -2.13. The van der Waals surface area contributed by atoms with Crippen molar-refractivity contribution in [2.24, 2.45) is 0 Å². The molecule has 0 amide bonds. The summed E-state index contributed by atoms with van der Waals surface area (Å²) in [7, 11) is 1.43. The van der Waals surface area contributed by atoms with Gasteiger partial charge < -0.3 is 9.84 Å². The molecule has 0 bridgehead atoms. The van der Waals surface area contributed by atoms with Gasteiger partial charge >= 0.3 is 0 Å². The number of methoxy groups -OCH3 is 1. The van der Waals surface area contributed by atoms with Crippen LogP contribution in [0.4, 0.5) is 4.39 Å². The first-order valence-electron chi connectivity index (χ1n) is 6.29. The van der Waals surface area contributed by atoms with Gasteiger partial charge in [-0.3, -0.25) is 0 Å². The summed E-state index contributed by atoms with van der Waals surface area (Å²) in [5.41, 5.74) is 1.23. The van der Waals surface area contributed by atoms with E-state index in [4.69, 9.17) is 4.74 Å². The Labute approximate surface area is 122 Å². The minimum absolute atomic E-state index is 0.201. The van der Waals surface area contributed by atoms with Crippen LogP contribution in [-0.2, 0) is 6.42 Å². The highest BCUT2D eigenvalue weighted by molar-refractivity contribution is 7.98. The molecule has 0 spiro atoms. The van der Waals surface area contributed by atoms with Crippen molar-refractivity contribution in [2.45, 2.75) is 17.4 Å². The molecule has 0 fully saturated rings. The summed E-state index contributed by atoms with van der Waals surface area (Å²) in [6.07, 6.45) is 1.49. The first-order valence-corrected chi connectivity index (χ1v) is 7.51. The molecule has 0 saturated heterocycles. The second kappa shape index (κ2) is 6.77. The lowest BCUT2D eigenvalue weighted by Crippen LogP contribution is -2.04. The van der Waals surface area contributed by atoms with Crippen molar-refractivity contribution in [2.75, 3.05) is 13.4 Å². The number of thioether (sulfide) groups is 1. The van der Waals surface area contributed by atoms with Crippen LogP contribution in [0, 0.1) is 5.82 Å². The fraction of sp³-hybridized carbons (Fsp3) is 0.250. The Morgan fingerprint density at radius 3 is 2.50 bits per heavy atom. The van der Waals surface area contributed by atoms with Crippen LogP contribution in [0.15, 0.2) is 47.4 Å². The number of hydrogen-bond acceptors (Lipinski definition) is 3. The largest absolute Gasteiger partial charge is 0.494 e. The summed E-state index contributed by atoms with van der Waals surface area (Å²) in [5.74, 6) is -0.206. The zero-order valence-corrected chi connectivity index (χ0v) is 12.3. The quantitative estimate of drug-likeness (QED) is 0.849. The molecule has 0 heterocycles. The van der Waals surface area contributed by atoms with E-state index in [9.17, 15) is 9.50 Å². The first kappa shape index (κ1) is 14.9. The molecule has 2 aromatic rings. The molecule has 2 nitrogen and oxygen atoms in total. The summed E-state index contributed by atoms with van der Waals surface area (Å²) < 4.78 is 19.0. The van der Waals surface area contributed by atoms with Gasteiger partial charge in [0.2, 0.25) is 0 Å². The first-order chi connectivity index (χ1) is 9.65. The summed E-state index contributed by atoms with van der Waals surface area (Å²) in [6, 6.07) is 12.6. The molecule has 20 heavy (non-hydrogen) atoms. The van der Waals surface area contributed by atoms with E-state index >= 15 is 0 Å². The smallest absolute Gasteiger partial charge is 0.168 e. The molecule has 0 aliphatic heterocycles. The van der Waals surface area contributed by atoms with E-state index in [0.29, 0.717) is 5.56 Å². The van der Waals surface area contributed by atoms with Gasteiger partial charge in [0.15, 0.2) is 11.6 Å². The molecule has 1 unspecified atom stereocenters. The molecule has 4 heteroatoms. The van der Waals surface area contributed by atoms with Crippen LogP contribution in [0.1, 0.15) is 17.2 Å². The minimum atomic E-state index is -0.729. The summed E-state index contributed by atoms with van der Waals surface area (Å²) in [6.45, 7) is 0. The highest BCUT2D eigenvalue weighted by Gasteiger charge is 2.14. The van der Waals surface area contributed by atoms with Crippen LogP contribution in [0.5, 0.6) is 5.75 Å². The van der Waals surface area contributed by atoms with Crippen molar-refractivity contribution in [3.8, 4) is 5.75 Å². The van der Waals surface area contributed by atoms with Gasteiger partial charge in [-0.25, -0.2) is 4.39 Å². The second-order valence-electron chi connectivity index (χ2n) is 4.43. The van der Waals surface area contributed by atoms with Crippen molar-refractivity contribution in [3.05, 3.63) is 59.4 Å². The normalized spacial score (nSPS) is 12.2. The molecule has 1 atom stereocenters. The lowest BCUT2D eigenvalue weighted by molar-refractivity contribution is 0.177. The van der Waals surface area contributed by atoms with Crippen molar-refractivity contribution >= 4 is 11.8 Å². The molecule has 0 aliphatic rings. The molecule has 106 valence electrons. The molecule has 0 saturated carbocycles. The van der Waals surface area contributed by atoms with E-state index in [1.807, 2.05) is 30.5 Å². The number of benzene rings is 2. The Balaban J connectivity index is 2.16. The van der Waals surface area contributed by atoms with E-state index < -0.39 is 11.9 Å². The Kier molecular flexibility index (Phi) is 5.04. The van der Waals surface area contributed by atoms with E-state index in [1.165, 1.54) is 7.11 Å². The SMILES string of the molecule is COc1cccc(CC(O)c2ccc(SC)cc2)c1F. The molecular formula is C16H17FO2S. The third-order valence-corrected chi connectivity index (χ3v) is 3.92. The molecular weight excluding hydrogens is 275 g/mol. The predicted molar refractivity (Wildman–Crippen MR) is 79.8 cm³/mol.